The molecule has 1 aliphatic rings. The molecule has 0 radical (unpaired) electrons. The minimum atomic E-state index is -0.313. The third-order valence-corrected chi connectivity index (χ3v) is 6.71. The Bertz CT molecular complexity index is 1390. The summed E-state index contributed by atoms with van der Waals surface area (Å²) in [7, 11) is 0. The zero-order chi connectivity index (χ0) is 22.4. The molecule has 4 aromatic rings. The highest BCUT2D eigenvalue weighted by Gasteiger charge is 2.27. The quantitative estimate of drug-likeness (QED) is 0.346. The first-order valence-electron chi connectivity index (χ1n) is 10.7. The first-order chi connectivity index (χ1) is 15.4. The van der Waals surface area contributed by atoms with E-state index in [1.54, 1.807) is 0 Å². The number of benzene rings is 3. The third-order valence-electron chi connectivity index (χ3n) is 6.43. The van der Waals surface area contributed by atoms with Gasteiger partial charge in [0.15, 0.2) is 6.73 Å². The van der Waals surface area contributed by atoms with E-state index in [0.29, 0.717) is 41.6 Å². The van der Waals surface area contributed by atoms with Crippen molar-refractivity contribution in [2.24, 2.45) is 0 Å². The van der Waals surface area contributed by atoms with Crippen LogP contribution in [-0.4, -0.2) is 6.73 Å². The van der Waals surface area contributed by atoms with E-state index in [1.165, 1.54) is 11.1 Å². The van der Waals surface area contributed by atoms with Gasteiger partial charge in [-0.25, -0.2) is 4.79 Å². The van der Waals surface area contributed by atoms with Gasteiger partial charge in [0.05, 0.1) is 17.1 Å². The van der Waals surface area contributed by atoms with Gasteiger partial charge in [-0.2, -0.15) is 0 Å². The van der Waals surface area contributed by atoms with Gasteiger partial charge in [0.2, 0.25) is 0 Å². The SMILES string of the molecule is Cc1cccc(N2COc3c(Cl)cc4c(C)c(Cc5ccccc5)c(=O)oc4c3C2)c1C. The van der Waals surface area contributed by atoms with Gasteiger partial charge in [0.1, 0.15) is 11.3 Å². The summed E-state index contributed by atoms with van der Waals surface area (Å²) in [5, 5.41) is 1.39. The predicted octanol–water partition coefficient (Wildman–Crippen LogP) is 6.32. The zero-order valence-electron chi connectivity index (χ0n) is 18.4. The first-order valence-corrected chi connectivity index (χ1v) is 11.1. The summed E-state index contributed by atoms with van der Waals surface area (Å²) >= 11 is 6.63. The van der Waals surface area contributed by atoms with Gasteiger partial charge in [-0.1, -0.05) is 54.1 Å². The Labute approximate surface area is 192 Å². The molecular weight excluding hydrogens is 422 g/mol. The number of fused-ring (bicyclic) bond motifs is 3. The van der Waals surface area contributed by atoms with Crippen LogP contribution in [0.1, 0.15) is 33.4 Å². The van der Waals surface area contributed by atoms with E-state index in [1.807, 2.05) is 49.4 Å². The Morgan fingerprint density at radius 3 is 2.56 bits per heavy atom. The van der Waals surface area contributed by atoms with Crippen LogP contribution in [0, 0.1) is 20.8 Å². The van der Waals surface area contributed by atoms with E-state index in [4.69, 9.17) is 20.8 Å². The average Bonchev–Trinajstić information content (AvgIpc) is 2.80. The number of ether oxygens (including phenoxy) is 1. The van der Waals surface area contributed by atoms with Crippen LogP contribution in [0.3, 0.4) is 0 Å². The zero-order valence-corrected chi connectivity index (χ0v) is 19.1. The maximum absolute atomic E-state index is 13.0. The molecule has 0 amide bonds. The van der Waals surface area contributed by atoms with Gasteiger partial charge in [0.25, 0.3) is 0 Å². The summed E-state index contributed by atoms with van der Waals surface area (Å²) in [5.41, 5.74) is 7.19. The average molecular weight is 446 g/mol. The summed E-state index contributed by atoms with van der Waals surface area (Å²) in [6.45, 7) is 7.11. The molecule has 2 heterocycles. The van der Waals surface area contributed by atoms with Crippen molar-refractivity contribution in [3.8, 4) is 5.75 Å². The second-order valence-electron chi connectivity index (χ2n) is 8.39. The molecule has 5 heteroatoms. The lowest BCUT2D eigenvalue weighted by molar-refractivity contribution is 0.289. The van der Waals surface area contributed by atoms with Gasteiger partial charge in [-0.05, 0) is 55.2 Å². The van der Waals surface area contributed by atoms with E-state index in [2.05, 4.69) is 30.9 Å². The lowest BCUT2D eigenvalue weighted by Gasteiger charge is -2.33. The Morgan fingerprint density at radius 2 is 1.78 bits per heavy atom. The molecule has 0 spiro atoms. The van der Waals surface area contributed by atoms with Gasteiger partial charge < -0.3 is 14.1 Å². The van der Waals surface area contributed by atoms with Crippen LogP contribution in [0.2, 0.25) is 5.02 Å². The normalized spacial score (nSPS) is 13.2. The molecule has 4 nitrogen and oxygen atoms in total. The van der Waals surface area contributed by atoms with Crippen molar-refractivity contribution in [1.82, 2.24) is 0 Å². The highest BCUT2D eigenvalue weighted by atomic mass is 35.5. The smallest absolute Gasteiger partial charge is 0.340 e. The molecule has 5 rings (SSSR count). The van der Waals surface area contributed by atoms with Crippen LogP contribution in [0.25, 0.3) is 11.0 Å². The van der Waals surface area contributed by atoms with Crippen molar-refractivity contribution >= 4 is 28.3 Å². The Balaban J connectivity index is 1.63. The van der Waals surface area contributed by atoms with Crippen molar-refractivity contribution in [2.45, 2.75) is 33.7 Å². The van der Waals surface area contributed by atoms with Gasteiger partial charge in [0, 0.05) is 23.1 Å². The van der Waals surface area contributed by atoms with Crippen molar-refractivity contribution < 1.29 is 9.15 Å². The molecule has 0 fully saturated rings. The van der Waals surface area contributed by atoms with Crippen LogP contribution in [0.15, 0.2) is 63.8 Å². The molecule has 0 saturated heterocycles. The van der Waals surface area contributed by atoms with Crippen LogP contribution >= 0.6 is 11.6 Å². The fraction of sp³-hybridized carbons (Fsp3) is 0.222. The van der Waals surface area contributed by atoms with E-state index >= 15 is 0 Å². The molecule has 1 aromatic heterocycles. The van der Waals surface area contributed by atoms with Crippen LogP contribution in [0.4, 0.5) is 5.69 Å². The third kappa shape index (κ3) is 3.45. The molecule has 0 N–H and O–H groups in total. The number of hydrogen-bond acceptors (Lipinski definition) is 4. The summed E-state index contributed by atoms with van der Waals surface area (Å²) in [6.07, 6.45) is 0.519. The Morgan fingerprint density at radius 1 is 1.00 bits per heavy atom. The fourth-order valence-electron chi connectivity index (χ4n) is 4.45. The van der Waals surface area contributed by atoms with Crippen LogP contribution in [0.5, 0.6) is 5.75 Å². The highest BCUT2D eigenvalue weighted by molar-refractivity contribution is 6.33. The fourth-order valence-corrected chi connectivity index (χ4v) is 4.73. The Hall–Kier alpha value is -3.24. The number of rotatable bonds is 3. The molecule has 3 aromatic carbocycles. The first kappa shape index (κ1) is 20.7. The molecule has 32 heavy (non-hydrogen) atoms. The number of anilines is 1. The molecular formula is C27H24ClNO3. The standard InChI is InChI=1S/C27H24ClNO3/c1-16-8-7-11-24(17(16)2)29-14-22-25-20(13-23(28)26(22)31-15-29)18(3)21(27(30)32-25)12-19-9-5-4-6-10-19/h4-11,13H,12,14-15H2,1-3H3. The summed E-state index contributed by atoms with van der Waals surface area (Å²) < 4.78 is 12.0. The maximum Gasteiger partial charge on any atom is 0.340 e. The van der Waals surface area contributed by atoms with Crippen LogP contribution in [-0.2, 0) is 13.0 Å². The van der Waals surface area contributed by atoms with Crippen molar-refractivity contribution in [2.75, 3.05) is 11.6 Å². The molecule has 0 bridgehead atoms. The number of nitrogens with zero attached hydrogens (tertiary/aromatic N) is 1. The topological polar surface area (TPSA) is 42.7 Å². The second-order valence-corrected chi connectivity index (χ2v) is 8.80. The molecule has 162 valence electrons. The molecule has 0 atom stereocenters. The summed E-state index contributed by atoms with van der Waals surface area (Å²) in [6, 6.07) is 18.0. The van der Waals surface area contributed by atoms with E-state index in [-0.39, 0.29) is 5.63 Å². The maximum atomic E-state index is 13.0. The number of hydrogen-bond donors (Lipinski definition) is 0. The Kier molecular flexibility index (Phi) is 5.18. The van der Waals surface area contributed by atoms with E-state index < -0.39 is 0 Å². The lowest BCUT2D eigenvalue weighted by atomic mass is 9.97. The number of aryl methyl sites for hydroxylation is 2. The largest absolute Gasteiger partial charge is 0.471 e. The summed E-state index contributed by atoms with van der Waals surface area (Å²) in [5.74, 6) is 0.596. The summed E-state index contributed by atoms with van der Waals surface area (Å²) in [4.78, 5) is 15.2. The minimum absolute atomic E-state index is 0.313. The highest BCUT2D eigenvalue weighted by Crippen LogP contribution is 2.41. The van der Waals surface area contributed by atoms with Crippen molar-refractivity contribution in [3.05, 3.63) is 103 Å². The molecule has 0 aliphatic carbocycles. The van der Waals surface area contributed by atoms with Crippen molar-refractivity contribution in [3.63, 3.8) is 0 Å². The van der Waals surface area contributed by atoms with Gasteiger partial charge in [-0.3, -0.25) is 0 Å². The molecule has 1 aliphatic heterocycles. The number of halogens is 1. The minimum Gasteiger partial charge on any atom is -0.471 e. The van der Waals surface area contributed by atoms with Crippen LogP contribution < -0.4 is 15.3 Å². The van der Waals surface area contributed by atoms with Gasteiger partial charge >= 0.3 is 5.63 Å². The van der Waals surface area contributed by atoms with Crippen molar-refractivity contribution in [1.29, 1.82) is 0 Å². The van der Waals surface area contributed by atoms with E-state index in [9.17, 15) is 4.79 Å². The predicted molar refractivity (Wildman–Crippen MR) is 129 cm³/mol. The monoisotopic (exact) mass is 445 g/mol. The molecule has 0 saturated carbocycles. The van der Waals surface area contributed by atoms with E-state index in [0.717, 1.165) is 27.8 Å². The molecule has 0 unspecified atom stereocenters. The van der Waals surface area contributed by atoms with Gasteiger partial charge in [-0.15, -0.1) is 0 Å². The lowest BCUT2D eigenvalue weighted by Crippen LogP contribution is -2.33. The second kappa shape index (κ2) is 8.03.